The van der Waals surface area contributed by atoms with Gasteiger partial charge in [0.15, 0.2) is 0 Å². The second kappa shape index (κ2) is 9.70. The van der Waals surface area contributed by atoms with Gasteiger partial charge in [0.05, 0.1) is 48.1 Å². The van der Waals surface area contributed by atoms with Crippen molar-refractivity contribution in [2.75, 3.05) is 19.1 Å². The third-order valence-electron chi connectivity index (χ3n) is 5.47. The standard InChI is InChI=1S/C24H19ClN6O4/c1-34-23(32)20-19(14-6-4-3-5-7-14)16(11-26)22(27)31(21(20)24(33)35-2)15-8-9-18(17(25)10-15)30-13-28-12-29-30/h3-10,12-13,19H,27H2,1-2H3. The molecule has 1 unspecified atom stereocenters. The van der Waals surface area contributed by atoms with Gasteiger partial charge in [-0.25, -0.2) is 19.3 Å². The number of halogens is 1. The van der Waals surface area contributed by atoms with Crippen LogP contribution in [0.5, 0.6) is 0 Å². The van der Waals surface area contributed by atoms with Gasteiger partial charge in [-0.1, -0.05) is 41.9 Å². The maximum absolute atomic E-state index is 13.1. The fraction of sp³-hybridized carbons (Fsp3) is 0.125. The number of aromatic nitrogens is 3. The number of benzene rings is 2. The highest BCUT2D eigenvalue weighted by atomic mass is 35.5. The molecule has 4 rings (SSSR count). The van der Waals surface area contributed by atoms with Gasteiger partial charge in [0, 0.05) is 5.69 Å². The summed E-state index contributed by atoms with van der Waals surface area (Å²) < 4.78 is 11.5. The van der Waals surface area contributed by atoms with Crippen LogP contribution in [-0.2, 0) is 19.1 Å². The van der Waals surface area contributed by atoms with Crippen LogP contribution in [0, 0.1) is 11.3 Å². The average molecular weight is 491 g/mol. The third kappa shape index (κ3) is 4.09. The number of rotatable bonds is 5. The van der Waals surface area contributed by atoms with Gasteiger partial charge in [0.2, 0.25) is 0 Å². The van der Waals surface area contributed by atoms with Crippen LogP contribution in [-0.4, -0.2) is 40.9 Å². The minimum atomic E-state index is -0.955. The van der Waals surface area contributed by atoms with Gasteiger partial charge in [0.1, 0.15) is 24.2 Å². The molecule has 2 heterocycles. The monoisotopic (exact) mass is 490 g/mol. The summed E-state index contributed by atoms with van der Waals surface area (Å²) in [5, 5.41) is 14.4. The van der Waals surface area contributed by atoms with Crippen molar-refractivity contribution in [3.05, 3.63) is 94.4 Å². The van der Waals surface area contributed by atoms with Gasteiger partial charge < -0.3 is 15.2 Å². The first-order valence-corrected chi connectivity index (χ1v) is 10.6. The van der Waals surface area contributed by atoms with Crippen molar-refractivity contribution in [2.45, 2.75) is 5.92 Å². The van der Waals surface area contributed by atoms with Gasteiger partial charge in [-0.05, 0) is 23.8 Å². The Morgan fingerprint density at radius 3 is 2.40 bits per heavy atom. The molecule has 0 fully saturated rings. The van der Waals surface area contributed by atoms with E-state index in [0.717, 1.165) is 0 Å². The number of anilines is 1. The number of nitriles is 1. The Hall–Kier alpha value is -4.62. The minimum Gasteiger partial charge on any atom is -0.466 e. The topological polar surface area (TPSA) is 136 Å². The highest BCUT2D eigenvalue weighted by Gasteiger charge is 2.43. The predicted molar refractivity (Wildman–Crippen MR) is 126 cm³/mol. The van der Waals surface area contributed by atoms with Crippen LogP contribution in [0.15, 0.2) is 83.8 Å². The number of hydrogen-bond acceptors (Lipinski definition) is 9. The Kier molecular flexibility index (Phi) is 6.53. The lowest BCUT2D eigenvalue weighted by Gasteiger charge is -2.36. The first kappa shape index (κ1) is 23.5. The molecule has 35 heavy (non-hydrogen) atoms. The zero-order valence-electron chi connectivity index (χ0n) is 18.7. The van der Waals surface area contributed by atoms with Crippen molar-refractivity contribution in [1.82, 2.24) is 14.8 Å². The van der Waals surface area contributed by atoms with Gasteiger partial charge >= 0.3 is 11.9 Å². The fourth-order valence-corrected chi connectivity index (χ4v) is 4.20. The Bertz CT molecular complexity index is 1390. The lowest BCUT2D eigenvalue weighted by Crippen LogP contribution is -2.40. The molecule has 3 aromatic rings. The number of allylic oxidation sites excluding steroid dienone is 1. The molecule has 1 aliphatic heterocycles. The van der Waals surface area contributed by atoms with E-state index in [1.54, 1.807) is 42.5 Å². The molecular weight excluding hydrogens is 472 g/mol. The van der Waals surface area contributed by atoms with E-state index in [9.17, 15) is 14.9 Å². The average Bonchev–Trinajstić information content (AvgIpc) is 3.42. The van der Waals surface area contributed by atoms with Crippen LogP contribution in [0.4, 0.5) is 5.69 Å². The van der Waals surface area contributed by atoms with Crippen LogP contribution < -0.4 is 10.6 Å². The molecule has 0 saturated heterocycles. The number of esters is 2. The van der Waals surface area contributed by atoms with Gasteiger partial charge in [-0.15, -0.1) is 0 Å². The first-order chi connectivity index (χ1) is 16.9. The molecule has 1 atom stereocenters. The van der Waals surface area contributed by atoms with Crippen molar-refractivity contribution >= 4 is 29.2 Å². The van der Waals surface area contributed by atoms with Gasteiger partial charge in [0.25, 0.3) is 0 Å². The molecule has 10 nitrogen and oxygen atoms in total. The molecule has 0 amide bonds. The van der Waals surface area contributed by atoms with Gasteiger partial charge in [-0.3, -0.25) is 4.90 Å². The third-order valence-corrected chi connectivity index (χ3v) is 5.77. The zero-order valence-corrected chi connectivity index (χ0v) is 19.4. The molecule has 0 spiro atoms. The lowest BCUT2D eigenvalue weighted by atomic mass is 9.81. The van der Waals surface area contributed by atoms with E-state index in [1.807, 2.05) is 0 Å². The molecule has 0 saturated carbocycles. The molecule has 11 heteroatoms. The highest BCUT2D eigenvalue weighted by molar-refractivity contribution is 6.32. The Balaban J connectivity index is 2.00. The number of hydrogen-bond donors (Lipinski definition) is 1. The number of ether oxygens (including phenoxy) is 2. The highest BCUT2D eigenvalue weighted by Crippen LogP contribution is 2.43. The number of methoxy groups -OCH3 is 2. The van der Waals surface area contributed by atoms with Crippen molar-refractivity contribution in [2.24, 2.45) is 5.73 Å². The maximum Gasteiger partial charge on any atom is 0.355 e. The van der Waals surface area contributed by atoms with Crippen molar-refractivity contribution in [1.29, 1.82) is 5.26 Å². The van der Waals surface area contributed by atoms with Crippen molar-refractivity contribution < 1.29 is 19.1 Å². The molecule has 1 aliphatic rings. The van der Waals surface area contributed by atoms with E-state index in [2.05, 4.69) is 16.2 Å². The molecule has 2 N–H and O–H groups in total. The molecule has 2 aromatic carbocycles. The van der Waals surface area contributed by atoms with E-state index in [-0.39, 0.29) is 27.7 Å². The molecule has 1 aromatic heterocycles. The van der Waals surface area contributed by atoms with Crippen LogP contribution in [0.1, 0.15) is 11.5 Å². The summed E-state index contributed by atoms with van der Waals surface area (Å²) in [5.41, 5.74) is 7.68. The predicted octanol–water partition coefficient (Wildman–Crippen LogP) is 2.82. The summed E-state index contributed by atoms with van der Waals surface area (Å²) in [6.07, 6.45) is 2.84. The van der Waals surface area contributed by atoms with Crippen LogP contribution >= 0.6 is 11.6 Å². The first-order valence-electron chi connectivity index (χ1n) is 10.2. The summed E-state index contributed by atoms with van der Waals surface area (Å²) in [7, 11) is 2.37. The Morgan fingerprint density at radius 2 is 1.83 bits per heavy atom. The smallest absolute Gasteiger partial charge is 0.355 e. The molecule has 176 valence electrons. The SMILES string of the molecule is COC(=O)C1=C(C(=O)OC)N(c2ccc(-n3cncn3)c(Cl)c2)C(N)=C(C#N)C1c1ccccc1. The molecule has 0 aliphatic carbocycles. The molecule has 0 radical (unpaired) electrons. The maximum atomic E-state index is 13.1. The number of carbonyl (C=O) groups excluding carboxylic acids is 2. The van der Waals surface area contributed by atoms with Crippen molar-refractivity contribution in [3.8, 4) is 11.8 Å². The van der Waals surface area contributed by atoms with Crippen LogP contribution in [0.3, 0.4) is 0 Å². The second-order valence-electron chi connectivity index (χ2n) is 7.31. The normalized spacial score (nSPS) is 15.6. The van der Waals surface area contributed by atoms with Crippen molar-refractivity contribution in [3.63, 3.8) is 0 Å². The number of carbonyl (C=O) groups is 2. The van der Waals surface area contributed by atoms with E-state index in [0.29, 0.717) is 16.9 Å². The van der Waals surface area contributed by atoms with E-state index in [1.165, 1.54) is 42.5 Å². The second-order valence-corrected chi connectivity index (χ2v) is 7.72. The van der Waals surface area contributed by atoms with E-state index >= 15 is 0 Å². The number of nitrogens with two attached hydrogens (primary N) is 1. The molecular formula is C24H19ClN6O4. The fourth-order valence-electron chi connectivity index (χ4n) is 3.93. The summed E-state index contributed by atoms with van der Waals surface area (Å²) in [5.74, 6) is -2.67. The summed E-state index contributed by atoms with van der Waals surface area (Å²) >= 11 is 6.51. The largest absolute Gasteiger partial charge is 0.466 e. The zero-order chi connectivity index (χ0) is 25.1. The van der Waals surface area contributed by atoms with Gasteiger partial charge in [-0.2, -0.15) is 10.4 Å². The Morgan fingerprint density at radius 1 is 1.11 bits per heavy atom. The van der Waals surface area contributed by atoms with Crippen LogP contribution in [0.25, 0.3) is 5.69 Å². The lowest BCUT2D eigenvalue weighted by molar-refractivity contribution is -0.139. The summed E-state index contributed by atoms with van der Waals surface area (Å²) in [4.78, 5) is 31.3. The van der Waals surface area contributed by atoms with E-state index < -0.39 is 17.9 Å². The quantitative estimate of drug-likeness (QED) is 0.535. The number of nitrogens with zero attached hydrogens (tertiary/aromatic N) is 5. The Labute approximate surface area is 205 Å². The molecule has 0 bridgehead atoms. The summed E-state index contributed by atoms with van der Waals surface area (Å²) in [6, 6.07) is 15.6. The van der Waals surface area contributed by atoms with Crippen LogP contribution in [0.2, 0.25) is 5.02 Å². The van der Waals surface area contributed by atoms with E-state index in [4.69, 9.17) is 26.8 Å². The minimum absolute atomic E-state index is 0.0562. The summed E-state index contributed by atoms with van der Waals surface area (Å²) in [6.45, 7) is 0.